The SMILES string of the molecule is CC1(C)Oc2cc(Nc3ncc(F)c(NC[C@@H]4CCCN5CCCC[C@H]45)n3)ccc2N(CCCF)C1=O. The molecule has 0 bridgehead atoms. The Hall–Kier alpha value is -3.01. The Balaban J connectivity index is 1.29. The maximum absolute atomic E-state index is 14.6. The fourth-order valence-electron chi connectivity index (χ4n) is 5.81. The standard InChI is InChI=1S/C27H36F2N6O2/c1-27(2)25(36)35(14-6-11-28)22-10-9-19(15-23(22)37-27)32-26-31-17-20(29)24(33-26)30-16-18-7-5-13-34-12-4-3-8-21(18)34/h9-10,15,17-18,21H,3-8,11-14,16H2,1-2H3,(H2,30,31,32,33)/t18-,21+/m0/s1. The summed E-state index contributed by atoms with van der Waals surface area (Å²) in [6.45, 7) is 6.18. The van der Waals surface area contributed by atoms with Gasteiger partial charge in [0, 0.05) is 30.9 Å². The fraction of sp³-hybridized carbons (Fsp3) is 0.593. The predicted octanol–water partition coefficient (Wildman–Crippen LogP) is 4.90. The number of nitrogens with zero attached hydrogens (tertiary/aromatic N) is 4. The number of carbonyl (C=O) groups excluding carboxylic acids is 1. The average Bonchev–Trinajstić information content (AvgIpc) is 2.89. The van der Waals surface area contributed by atoms with Crippen LogP contribution >= 0.6 is 0 Å². The number of alkyl halides is 1. The number of halogens is 2. The number of anilines is 4. The topological polar surface area (TPSA) is 82.6 Å². The van der Waals surface area contributed by atoms with Gasteiger partial charge in [0.2, 0.25) is 5.95 Å². The summed E-state index contributed by atoms with van der Waals surface area (Å²) in [5.74, 6) is 0.726. The number of carbonyl (C=O) groups is 1. The largest absolute Gasteiger partial charge is 0.476 e. The number of rotatable bonds is 8. The Morgan fingerprint density at radius 1 is 1.19 bits per heavy atom. The zero-order valence-electron chi connectivity index (χ0n) is 21.6. The molecule has 1 aromatic carbocycles. The first kappa shape index (κ1) is 25.6. The van der Waals surface area contributed by atoms with E-state index in [0.29, 0.717) is 35.6 Å². The van der Waals surface area contributed by atoms with Gasteiger partial charge < -0.3 is 25.2 Å². The monoisotopic (exact) mass is 514 g/mol. The number of piperidine rings is 2. The van der Waals surface area contributed by atoms with E-state index in [1.54, 1.807) is 36.9 Å². The van der Waals surface area contributed by atoms with Crippen LogP contribution < -0.4 is 20.3 Å². The molecule has 3 aliphatic heterocycles. The number of nitrogens with one attached hydrogen (secondary N) is 2. The normalized spacial score (nSPS) is 23.1. The maximum atomic E-state index is 14.6. The van der Waals surface area contributed by atoms with Crippen molar-refractivity contribution >= 4 is 29.0 Å². The highest BCUT2D eigenvalue weighted by Gasteiger charge is 2.40. The van der Waals surface area contributed by atoms with Crippen molar-refractivity contribution in [2.75, 3.05) is 48.4 Å². The molecule has 1 aromatic heterocycles. The lowest BCUT2D eigenvalue weighted by molar-refractivity contribution is -0.132. The number of ether oxygens (including phenoxy) is 1. The second-order valence-electron chi connectivity index (χ2n) is 10.7. The van der Waals surface area contributed by atoms with Gasteiger partial charge in [-0.1, -0.05) is 6.42 Å². The molecule has 2 N–H and O–H groups in total. The molecule has 200 valence electrons. The Labute approximate surface area is 216 Å². The van der Waals surface area contributed by atoms with E-state index >= 15 is 0 Å². The molecule has 37 heavy (non-hydrogen) atoms. The van der Waals surface area contributed by atoms with Crippen LogP contribution in [0.15, 0.2) is 24.4 Å². The van der Waals surface area contributed by atoms with Crippen molar-refractivity contribution in [1.29, 1.82) is 0 Å². The summed E-state index contributed by atoms with van der Waals surface area (Å²) < 4.78 is 33.4. The quantitative estimate of drug-likeness (QED) is 0.519. The van der Waals surface area contributed by atoms with Crippen molar-refractivity contribution in [3.05, 3.63) is 30.2 Å². The number of hydrogen-bond acceptors (Lipinski definition) is 7. The van der Waals surface area contributed by atoms with E-state index in [0.717, 1.165) is 6.42 Å². The van der Waals surface area contributed by atoms with Crippen LogP contribution in [0, 0.1) is 11.7 Å². The number of benzene rings is 1. The zero-order valence-corrected chi connectivity index (χ0v) is 21.6. The van der Waals surface area contributed by atoms with Crippen molar-refractivity contribution in [2.24, 2.45) is 5.92 Å². The van der Waals surface area contributed by atoms with E-state index in [-0.39, 0.29) is 30.6 Å². The average molecular weight is 515 g/mol. The smallest absolute Gasteiger partial charge is 0.270 e. The van der Waals surface area contributed by atoms with Crippen LogP contribution in [0.4, 0.5) is 31.9 Å². The second kappa shape index (κ2) is 10.8. The van der Waals surface area contributed by atoms with Gasteiger partial charge in [0.05, 0.1) is 18.6 Å². The van der Waals surface area contributed by atoms with Gasteiger partial charge in [-0.2, -0.15) is 4.98 Å². The molecule has 5 rings (SSSR count). The molecule has 4 heterocycles. The van der Waals surface area contributed by atoms with E-state index < -0.39 is 18.1 Å². The molecule has 0 saturated carbocycles. The van der Waals surface area contributed by atoms with E-state index in [4.69, 9.17) is 4.74 Å². The Kier molecular flexibility index (Phi) is 7.46. The van der Waals surface area contributed by atoms with Crippen LogP contribution in [0.2, 0.25) is 0 Å². The second-order valence-corrected chi connectivity index (χ2v) is 10.7. The van der Waals surface area contributed by atoms with Crippen molar-refractivity contribution in [3.63, 3.8) is 0 Å². The molecule has 2 saturated heterocycles. The summed E-state index contributed by atoms with van der Waals surface area (Å²) in [5.41, 5.74) is 0.158. The minimum Gasteiger partial charge on any atom is -0.476 e. The van der Waals surface area contributed by atoms with Gasteiger partial charge >= 0.3 is 0 Å². The molecule has 0 aliphatic carbocycles. The van der Waals surface area contributed by atoms with E-state index in [2.05, 4.69) is 25.5 Å². The molecule has 2 aromatic rings. The lowest BCUT2D eigenvalue weighted by Crippen LogP contribution is -2.52. The minimum absolute atomic E-state index is 0.184. The van der Waals surface area contributed by atoms with Gasteiger partial charge in [0.15, 0.2) is 17.2 Å². The highest BCUT2D eigenvalue weighted by Crippen LogP contribution is 2.40. The Bertz CT molecular complexity index is 1130. The first-order valence-corrected chi connectivity index (χ1v) is 13.3. The molecule has 8 nitrogen and oxygen atoms in total. The molecule has 2 fully saturated rings. The molecule has 0 radical (unpaired) electrons. The highest BCUT2D eigenvalue weighted by molar-refractivity contribution is 6.02. The van der Waals surface area contributed by atoms with Gasteiger partial charge in [-0.3, -0.25) is 9.18 Å². The van der Waals surface area contributed by atoms with Crippen molar-refractivity contribution in [3.8, 4) is 5.75 Å². The van der Waals surface area contributed by atoms with Gasteiger partial charge in [-0.15, -0.1) is 0 Å². The van der Waals surface area contributed by atoms with Crippen LogP contribution in [0.1, 0.15) is 52.4 Å². The summed E-state index contributed by atoms with van der Waals surface area (Å²) >= 11 is 0. The summed E-state index contributed by atoms with van der Waals surface area (Å²) in [6, 6.07) is 5.85. The zero-order chi connectivity index (χ0) is 26.0. The van der Waals surface area contributed by atoms with Gasteiger partial charge in [0.25, 0.3) is 5.91 Å². The number of hydrogen-bond donors (Lipinski definition) is 2. The van der Waals surface area contributed by atoms with Crippen molar-refractivity contribution in [2.45, 2.75) is 64.0 Å². The number of aromatic nitrogens is 2. The number of fused-ring (bicyclic) bond motifs is 2. The summed E-state index contributed by atoms with van der Waals surface area (Å²) in [6.07, 6.45) is 7.47. The van der Waals surface area contributed by atoms with E-state index in [9.17, 15) is 13.6 Å². The fourth-order valence-corrected chi connectivity index (χ4v) is 5.81. The van der Waals surface area contributed by atoms with E-state index in [1.165, 1.54) is 45.0 Å². The molecule has 1 amide bonds. The third-order valence-electron chi connectivity index (χ3n) is 7.65. The van der Waals surface area contributed by atoms with Crippen LogP contribution in [0.3, 0.4) is 0 Å². The molecule has 0 unspecified atom stereocenters. The highest BCUT2D eigenvalue weighted by atomic mass is 19.1. The molecule has 0 spiro atoms. The number of amides is 1. The molecular formula is C27H36F2N6O2. The maximum Gasteiger partial charge on any atom is 0.270 e. The van der Waals surface area contributed by atoms with Crippen LogP contribution in [-0.4, -0.2) is 65.3 Å². The van der Waals surface area contributed by atoms with Gasteiger partial charge in [0.1, 0.15) is 5.75 Å². The van der Waals surface area contributed by atoms with Gasteiger partial charge in [-0.05, 0) is 77.1 Å². The predicted molar refractivity (Wildman–Crippen MR) is 140 cm³/mol. The van der Waals surface area contributed by atoms with Crippen LogP contribution in [-0.2, 0) is 4.79 Å². The third-order valence-corrected chi connectivity index (χ3v) is 7.65. The first-order chi connectivity index (χ1) is 17.9. The first-order valence-electron chi connectivity index (χ1n) is 13.3. The molecular weight excluding hydrogens is 478 g/mol. The lowest BCUT2D eigenvalue weighted by Gasteiger charge is -2.44. The van der Waals surface area contributed by atoms with Crippen molar-refractivity contribution < 1.29 is 18.3 Å². The summed E-state index contributed by atoms with van der Waals surface area (Å²) in [5, 5.41) is 6.36. The third kappa shape index (κ3) is 5.49. The Morgan fingerprint density at radius 2 is 2.03 bits per heavy atom. The summed E-state index contributed by atoms with van der Waals surface area (Å²) in [4.78, 5) is 25.5. The summed E-state index contributed by atoms with van der Waals surface area (Å²) in [7, 11) is 0. The van der Waals surface area contributed by atoms with Crippen LogP contribution in [0.5, 0.6) is 5.75 Å². The minimum atomic E-state index is -1.07. The lowest BCUT2D eigenvalue weighted by atomic mass is 9.83. The van der Waals surface area contributed by atoms with E-state index in [1.807, 2.05) is 0 Å². The Morgan fingerprint density at radius 3 is 2.86 bits per heavy atom. The van der Waals surface area contributed by atoms with Gasteiger partial charge in [-0.25, -0.2) is 9.37 Å². The van der Waals surface area contributed by atoms with Crippen molar-refractivity contribution in [1.82, 2.24) is 14.9 Å². The molecule has 2 atom stereocenters. The van der Waals surface area contributed by atoms with Crippen LogP contribution in [0.25, 0.3) is 0 Å². The molecule has 3 aliphatic rings. The molecule has 10 heteroatoms.